The molecule has 1 amide bonds. The fourth-order valence-electron chi connectivity index (χ4n) is 4.38. The highest BCUT2D eigenvalue weighted by atomic mass is 19.1. The number of nitrogens with zero attached hydrogens (tertiary/aromatic N) is 3. The van der Waals surface area contributed by atoms with Crippen molar-refractivity contribution in [3.63, 3.8) is 0 Å². The smallest absolute Gasteiger partial charge is 0.251 e. The lowest BCUT2D eigenvalue weighted by atomic mass is 10.1. The molecular formula is C23H29FN4O3. The number of carbonyl (C=O) groups is 1. The molecule has 2 fully saturated rings. The molecule has 1 aromatic heterocycles. The molecule has 0 bridgehead atoms. The lowest BCUT2D eigenvalue weighted by Gasteiger charge is -2.41. The van der Waals surface area contributed by atoms with Gasteiger partial charge in [0.2, 0.25) is 5.91 Å². The fraction of sp³-hybridized carbons (Fsp3) is 0.478. The van der Waals surface area contributed by atoms with E-state index in [-0.39, 0.29) is 35.8 Å². The van der Waals surface area contributed by atoms with E-state index in [1.54, 1.807) is 18.2 Å². The second-order valence-corrected chi connectivity index (χ2v) is 8.39. The summed E-state index contributed by atoms with van der Waals surface area (Å²) >= 11 is 0. The maximum atomic E-state index is 13.1. The summed E-state index contributed by atoms with van der Waals surface area (Å²) < 4.78 is 18.6. The van der Waals surface area contributed by atoms with Crippen molar-refractivity contribution in [3.05, 3.63) is 58.1 Å². The molecular weight excluding hydrogens is 399 g/mol. The molecule has 0 radical (unpaired) electrons. The van der Waals surface area contributed by atoms with Crippen LogP contribution in [0.5, 0.6) is 0 Å². The monoisotopic (exact) mass is 428 g/mol. The zero-order valence-corrected chi connectivity index (χ0v) is 18.0. The summed E-state index contributed by atoms with van der Waals surface area (Å²) in [6, 6.07) is 9.98. The van der Waals surface area contributed by atoms with Crippen molar-refractivity contribution >= 4 is 17.4 Å². The first kappa shape index (κ1) is 21.4. The maximum absolute atomic E-state index is 13.1. The third-order valence-electron chi connectivity index (χ3n) is 6.07. The molecule has 31 heavy (non-hydrogen) atoms. The minimum Gasteiger partial charge on any atom is -0.377 e. The number of hydrogen-bond donors (Lipinski definition) is 1. The molecule has 1 N–H and O–H groups in total. The van der Waals surface area contributed by atoms with Crippen molar-refractivity contribution in [1.82, 2.24) is 9.88 Å². The highest BCUT2D eigenvalue weighted by Crippen LogP contribution is 2.25. The van der Waals surface area contributed by atoms with Crippen LogP contribution in [0.15, 0.2) is 41.2 Å². The number of aromatic amines is 1. The van der Waals surface area contributed by atoms with Crippen LogP contribution in [0.2, 0.25) is 0 Å². The topological polar surface area (TPSA) is 68.9 Å². The number of hydrogen-bond acceptors (Lipinski definition) is 5. The molecule has 7 nitrogen and oxygen atoms in total. The highest BCUT2D eigenvalue weighted by molar-refractivity contribution is 5.79. The van der Waals surface area contributed by atoms with Gasteiger partial charge in [0.15, 0.2) is 0 Å². The average Bonchev–Trinajstić information content (AvgIpc) is 2.75. The van der Waals surface area contributed by atoms with Gasteiger partial charge in [0.25, 0.3) is 5.56 Å². The van der Waals surface area contributed by atoms with Gasteiger partial charge in [-0.2, -0.15) is 0 Å². The molecule has 4 rings (SSSR count). The van der Waals surface area contributed by atoms with Crippen molar-refractivity contribution in [3.8, 4) is 0 Å². The molecule has 0 aliphatic carbocycles. The quantitative estimate of drug-likeness (QED) is 0.807. The molecule has 2 aliphatic rings. The number of H-pyrrole nitrogens is 1. The number of ether oxygens (including phenoxy) is 1. The predicted octanol–water partition coefficient (Wildman–Crippen LogP) is 2.02. The summed E-state index contributed by atoms with van der Waals surface area (Å²) in [7, 11) is 0. The van der Waals surface area contributed by atoms with Gasteiger partial charge in [0, 0.05) is 56.1 Å². The van der Waals surface area contributed by atoms with Crippen LogP contribution in [-0.4, -0.2) is 67.3 Å². The van der Waals surface area contributed by atoms with Crippen LogP contribution >= 0.6 is 0 Å². The summed E-state index contributed by atoms with van der Waals surface area (Å²) in [5.74, 6) is 0.503. The fourth-order valence-corrected chi connectivity index (χ4v) is 4.38. The number of amides is 1. The first-order valence-corrected chi connectivity index (χ1v) is 10.8. The molecule has 1 aromatic carbocycles. The molecule has 0 saturated carbocycles. The zero-order valence-electron chi connectivity index (χ0n) is 18.0. The number of morpholine rings is 1. The van der Waals surface area contributed by atoms with E-state index in [9.17, 15) is 14.0 Å². The Labute approximate surface area is 181 Å². The summed E-state index contributed by atoms with van der Waals surface area (Å²) in [6.07, 6.45) is 0.258. The van der Waals surface area contributed by atoms with E-state index in [0.717, 1.165) is 23.6 Å². The van der Waals surface area contributed by atoms with Crippen molar-refractivity contribution < 1.29 is 13.9 Å². The van der Waals surface area contributed by atoms with Crippen LogP contribution in [0, 0.1) is 5.82 Å². The van der Waals surface area contributed by atoms with Crippen LogP contribution in [-0.2, 0) is 16.0 Å². The normalized spacial score (nSPS) is 22.0. The summed E-state index contributed by atoms with van der Waals surface area (Å²) in [4.78, 5) is 34.3. The Morgan fingerprint density at radius 2 is 1.87 bits per heavy atom. The number of halogens is 1. The summed E-state index contributed by atoms with van der Waals surface area (Å²) in [5.41, 5.74) is 1.57. The van der Waals surface area contributed by atoms with E-state index < -0.39 is 0 Å². The lowest BCUT2D eigenvalue weighted by Crippen LogP contribution is -2.54. The van der Waals surface area contributed by atoms with E-state index in [0.29, 0.717) is 32.8 Å². The number of nitrogens with one attached hydrogen (secondary N) is 1. The number of aromatic nitrogens is 1. The van der Waals surface area contributed by atoms with Crippen molar-refractivity contribution in [2.75, 3.05) is 49.2 Å². The molecule has 3 heterocycles. The van der Waals surface area contributed by atoms with Crippen LogP contribution in [0.1, 0.15) is 19.4 Å². The summed E-state index contributed by atoms with van der Waals surface area (Å²) in [5, 5.41) is 0. The molecule has 0 spiro atoms. The minimum absolute atomic E-state index is 0.0301. The average molecular weight is 429 g/mol. The molecule has 8 heteroatoms. The van der Waals surface area contributed by atoms with Crippen LogP contribution in [0.3, 0.4) is 0 Å². The third-order valence-corrected chi connectivity index (χ3v) is 6.07. The Hall–Kier alpha value is -2.87. The molecule has 2 aromatic rings. The first-order chi connectivity index (χ1) is 14.9. The van der Waals surface area contributed by atoms with Gasteiger partial charge in [-0.3, -0.25) is 9.59 Å². The Morgan fingerprint density at radius 3 is 2.58 bits per heavy atom. The van der Waals surface area contributed by atoms with Gasteiger partial charge in [0.1, 0.15) is 11.6 Å². The van der Waals surface area contributed by atoms with Crippen LogP contribution in [0.4, 0.5) is 15.9 Å². The van der Waals surface area contributed by atoms with E-state index in [1.807, 2.05) is 11.0 Å². The van der Waals surface area contributed by atoms with Gasteiger partial charge in [-0.25, -0.2) is 4.39 Å². The van der Waals surface area contributed by atoms with Crippen molar-refractivity contribution in [2.45, 2.75) is 32.4 Å². The van der Waals surface area contributed by atoms with Gasteiger partial charge in [0.05, 0.1) is 19.6 Å². The van der Waals surface area contributed by atoms with Crippen LogP contribution < -0.4 is 15.4 Å². The number of piperazine rings is 1. The van der Waals surface area contributed by atoms with Gasteiger partial charge in [-0.05, 0) is 31.5 Å². The molecule has 2 aliphatic heterocycles. The Kier molecular flexibility index (Phi) is 6.27. The van der Waals surface area contributed by atoms with Gasteiger partial charge in [-0.1, -0.05) is 12.1 Å². The SMILES string of the molecule is CC1CN(C(=O)Cc2ccc(F)cc2)CCN1c1cc(N2CCOC[C@H]2C)cc(=O)[nH]1. The Bertz CT molecular complexity index is 978. The van der Waals surface area contributed by atoms with E-state index in [4.69, 9.17) is 4.74 Å². The van der Waals surface area contributed by atoms with Gasteiger partial charge < -0.3 is 24.4 Å². The predicted molar refractivity (Wildman–Crippen MR) is 118 cm³/mol. The highest BCUT2D eigenvalue weighted by Gasteiger charge is 2.28. The lowest BCUT2D eigenvalue weighted by molar-refractivity contribution is -0.131. The minimum atomic E-state index is -0.305. The summed E-state index contributed by atoms with van der Waals surface area (Å²) in [6.45, 7) is 7.98. The van der Waals surface area contributed by atoms with Crippen molar-refractivity contribution in [1.29, 1.82) is 0 Å². The maximum Gasteiger partial charge on any atom is 0.251 e. The molecule has 2 atom stereocenters. The largest absolute Gasteiger partial charge is 0.377 e. The van der Waals surface area contributed by atoms with E-state index in [1.165, 1.54) is 12.1 Å². The zero-order chi connectivity index (χ0) is 22.0. The van der Waals surface area contributed by atoms with Crippen LogP contribution in [0.25, 0.3) is 0 Å². The number of benzene rings is 1. The molecule has 1 unspecified atom stereocenters. The number of carbonyl (C=O) groups excluding carboxylic acids is 1. The van der Waals surface area contributed by atoms with Gasteiger partial charge >= 0.3 is 0 Å². The molecule has 2 saturated heterocycles. The van der Waals surface area contributed by atoms with E-state index in [2.05, 4.69) is 28.6 Å². The van der Waals surface area contributed by atoms with Gasteiger partial charge in [-0.15, -0.1) is 0 Å². The second-order valence-electron chi connectivity index (χ2n) is 8.39. The Morgan fingerprint density at radius 1 is 1.10 bits per heavy atom. The number of pyridine rings is 1. The standard InChI is InChI=1S/C23H29FN4O3/c1-16-14-26(23(30)11-18-3-5-19(24)6-4-18)7-8-28(16)21-12-20(13-22(29)25-21)27-9-10-31-15-17(27)2/h3-6,12-13,16-17H,7-11,14-15H2,1-2H3,(H,25,29)/t16?,17-/m1/s1. The number of anilines is 2. The third kappa shape index (κ3) is 4.90. The first-order valence-electron chi connectivity index (χ1n) is 10.8. The second kappa shape index (κ2) is 9.09. The molecule has 166 valence electrons. The van der Waals surface area contributed by atoms with Crippen molar-refractivity contribution in [2.24, 2.45) is 0 Å². The number of rotatable bonds is 4. The Balaban J connectivity index is 1.44. The van der Waals surface area contributed by atoms with E-state index >= 15 is 0 Å².